The minimum atomic E-state index is -4.21. The van der Waals surface area contributed by atoms with E-state index in [4.69, 9.17) is 23.2 Å². The summed E-state index contributed by atoms with van der Waals surface area (Å²) in [5.41, 5.74) is -0.834. The van der Waals surface area contributed by atoms with Gasteiger partial charge in [-0.3, -0.25) is 14.4 Å². The smallest absolute Gasteiger partial charge is 0.350 e. The molecule has 3 saturated heterocycles. The molecule has 3 aliphatic heterocycles. The van der Waals surface area contributed by atoms with Gasteiger partial charge in [0.25, 0.3) is 11.8 Å². The number of nitrogens with zero attached hydrogens (tertiary/aromatic N) is 2. The van der Waals surface area contributed by atoms with Gasteiger partial charge in [0.2, 0.25) is 11.8 Å². The standard InChI is InChI=1S/C23H22Cl2F4N4O3/c24-13-6-12(7-14(25)8-13)23(28,29)21(36)33-16-1-2-17(22(26,27)9-16)18(33)20(35)32-15(10-30)5-11-3-4-31-19(11)34/h6-8,11,15-18H,1-5,9H2,(H,31,34)(H,32,35)/t11-,15-,16-,17-,18+/m1/s1. The summed E-state index contributed by atoms with van der Waals surface area (Å²) in [5, 5.41) is 14.1. The van der Waals surface area contributed by atoms with E-state index in [1.165, 1.54) is 6.07 Å². The Hall–Kier alpha value is -2.58. The fourth-order valence-electron chi connectivity index (χ4n) is 5.38. The van der Waals surface area contributed by atoms with E-state index in [-0.39, 0.29) is 35.2 Å². The van der Waals surface area contributed by atoms with E-state index in [0.29, 0.717) is 17.9 Å². The number of hydrogen-bond acceptors (Lipinski definition) is 4. The SMILES string of the molecule is N#C[C@@H](C[C@H]1CCNC1=O)NC(=O)[C@@H]1[C@H]2CC[C@H](CC2(F)F)N1C(=O)C(F)(F)c1cc(Cl)cc(Cl)c1. The van der Waals surface area contributed by atoms with Crippen LogP contribution in [-0.2, 0) is 20.3 Å². The molecule has 1 aromatic rings. The maximum Gasteiger partial charge on any atom is 0.350 e. The third kappa shape index (κ3) is 4.85. The zero-order valence-corrected chi connectivity index (χ0v) is 20.3. The minimum absolute atomic E-state index is 0.0199. The molecule has 3 amide bonds. The van der Waals surface area contributed by atoms with Crippen LogP contribution in [0.1, 0.15) is 37.7 Å². The van der Waals surface area contributed by atoms with Crippen molar-refractivity contribution in [2.24, 2.45) is 11.8 Å². The lowest BCUT2D eigenvalue weighted by molar-refractivity contribution is -0.207. The van der Waals surface area contributed by atoms with Crippen molar-refractivity contribution in [1.29, 1.82) is 5.26 Å². The van der Waals surface area contributed by atoms with Crippen LogP contribution >= 0.6 is 23.2 Å². The van der Waals surface area contributed by atoms with Crippen molar-refractivity contribution >= 4 is 40.9 Å². The topological polar surface area (TPSA) is 102 Å². The van der Waals surface area contributed by atoms with Crippen LogP contribution in [0.5, 0.6) is 0 Å². The molecule has 5 atom stereocenters. The Kier molecular flexibility index (Phi) is 7.14. The lowest BCUT2D eigenvalue weighted by atomic mass is 9.71. The second-order valence-electron chi connectivity index (χ2n) is 9.40. The second kappa shape index (κ2) is 9.71. The van der Waals surface area contributed by atoms with E-state index < -0.39 is 65.6 Å². The molecule has 1 saturated carbocycles. The molecule has 2 N–H and O–H groups in total. The van der Waals surface area contributed by atoms with Gasteiger partial charge in [0.1, 0.15) is 12.1 Å². The number of nitrogens with one attached hydrogen (secondary N) is 2. The summed E-state index contributed by atoms with van der Waals surface area (Å²) >= 11 is 11.6. The first-order valence-corrected chi connectivity index (χ1v) is 12.1. The molecular formula is C23H22Cl2F4N4O3. The van der Waals surface area contributed by atoms with Gasteiger partial charge in [-0.2, -0.15) is 14.0 Å². The molecule has 7 nitrogen and oxygen atoms in total. The van der Waals surface area contributed by atoms with Crippen molar-refractivity contribution in [2.75, 3.05) is 6.54 Å². The zero-order chi connectivity index (χ0) is 26.4. The molecule has 1 aliphatic carbocycles. The zero-order valence-electron chi connectivity index (χ0n) is 18.7. The van der Waals surface area contributed by atoms with Crippen molar-refractivity contribution in [1.82, 2.24) is 15.5 Å². The van der Waals surface area contributed by atoms with Crippen LogP contribution in [0.3, 0.4) is 0 Å². The summed E-state index contributed by atoms with van der Waals surface area (Å²) in [6.07, 6.45) is -0.638. The van der Waals surface area contributed by atoms with Gasteiger partial charge in [0, 0.05) is 40.5 Å². The highest BCUT2D eigenvalue weighted by Crippen LogP contribution is 2.50. The summed E-state index contributed by atoms with van der Waals surface area (Å²) in [7, 11) is 0. The number of amides is 3. The van der Waals surface area contributed by atoms with E-state index in [9.17, 15) is 28.4 Å². The fourth-order valence-corrected chi connectivity index (χ4v) is 5.90. The lowest BCUT2D eigenvalue weighted by Crippen LogP contribution is -2.70. The van der Waals surface area contributed by atoms with Crippen molar-refractivity contribution < 1.29 is 31.9 Å². The van der Waals surface area contributed by atoms with Crippen LogP contribution in [0.4, 0.5) is 17.6 Å². The molecule has 4 aliphatic rings. The Labute approximate surface area is 214 Å². The average Bonchev–Trinajstić information content (AvgIpc) is 3.20. The van der Waals surface area contributed by atoms with Crippen molar-refractivity contribution in [2.45, 2.75) is 62.1 Å². The fraction of sp³-hybridized carbons (Fsp3) is 0.565. The van der Waals surface area contributed by atoms with Crippen LogP contribution in [0.25, 0.3) is 0 Å². The Bertz CT molecular complexity index is 1110. The molecule has 0 spiro atoms. The molecule has 0 unspecified atom stereocenters. The highest BCUT2D eigenvalue weighted by atomic mass is 35.5. The maximum atomic E-state index is 15.4. The van der Waals surface area contributed by atoms with Crippen LogP contribution < -0.4 is 10.6 Å². The largest absolute Gasteiger partial charge is 0.356 e. The Balaban J connectivity index is 1.63. The van der Waals surface area contributed by atoms with Gasteiger partial charge in [0.05, 0.1) is 12.0 Å². The highest BCUT2D eigenvalue weighted by Gasteiger charge is 2.63. The van der Waals surface area contributed by atoms with Crippen molar-refractivity contribution in [3.8, 4) is 6.07 Å². The van der Waals surface area contributed by atoms with E-state index in [1.54, 1.807) is 0 Å². The molecular weight excluding hydrogens is 527 g/mol. The Morgan fingerprint density at radius 1 is 1.22 bits per heavy atom. The number of nitriles is 1. The number of carbonyl (C=O) groups excluding carboxylic acids is 3. The van der Waals surface area contributed by atoms with Crippen molar-refractivity contribution in [3.05, 3.63) is 33.8 Å². The molecule has 36 heavy (non-hydrogen) atoms. The van der Waals surface area contributed by atoms with E-state index in [1.807, 2.05) is 6.07 Å². The predicted molar refractivity (Wildman–Crippen MR) is 120 cm³/mol. The Morgan fingerprint density at radius 3 is 2.44 bits per heavy atom. The summed E-state index contributed by atoms with van der Waals surface area (Å²) in [6, 6.07) is 0.232. The van der Waals surface area contributed by atoms with Gasteiger partial charge < -0.3 is 15.5 Å². The quantitative estimate of drug-likeness (QED) is 0.530. The Morgan fingerprint density at radius 2 is 1.89 bits per heavy atom. The summed E-state index contributed by atoms with van der Waals surface area (Å²) in [5.74, 6) is -13.1. The molecule has 1 aromatic carbocycles. The van der Waals surface area contributed by atoms with Gasteiger partial charge >= 0.3 is 5.92 Å². The first kappa shape index (κ1) is 26.5. The predicted octanol–water partition coefficient (Wildman–Crippen LogP) is 3.63. The van der Waals surface area contributed by atoms with Crippen LogP contribution in [0.2, 0.25) is 10.0 Å². The monoisotopic (exact) mass is 548 g/mol. The number of rotatable bonds is 6. The van der Waals surface area contributed by atoms with Gasteiger partial charge in [0.15, 0.2) is 0 Å². The van der Waals surface area contributed by atoms with Gasteiger partial charge in [-0.1, -0.05) is 23.2 Å². The minimum Gasteiger partial charge on any atom is -0.356 e. The molecule has 5 rings (SSSR count). The number of hydrogen-bond donors (Lipinski definition) is 2. The first-order chi connectivity index (χ1) is 16.8. The number of carbonyl (C=O) groups is 3. The van der Waals surface area contributed by atoms with Crippen LogP contribution in [0, 0.1) is 23.2 Å². The number of alkyl halides is 4. The third-order valence-electron chi connectivity index (χ3n) is 7.09. The maximum absolute atomic E-state index is 15.4. The molecule has 4 fully saturated rings. The van der Waals surface area contributed by atoms with Gasteiger partial charge in [-0.05, 0) is 43.9 Å². The summed E-state index contributed by atoms with van der Waals surface area (Å²) in [4.78, 5) is 38.8. The number of benzene rings is 1. The molecule has 0 aromatic heterocycles. The molecule has 13 heteroatoms. The molecule has 0 radical (unpaired) electrons. The molecule has 2 bridgehead atoms. The normalized spacial score (nSPS) is 27.8. The highest BCUT2D eigenvalue weighted by molar-refractivity contribution is 6.34. The first-order valence-electron chi connectivity index (χ1n) is 11.4. The van der Waals surface area contributed by atoms with E-state index in [0.717, 1.165) is 12.1 Å². The van der Waals surface area contributed by atoms with E-state index >= 15 is 8.78 Å². The second-order valence-corrected chi connectivity index (χ2v) is 10.3. The number of fused-ring (bicyclic) bond motifs is 3. The van der Waals surface area contributed by atoms with Crippen LogP contribution in [0.15, 0.2) is 18.2 Å². The summed E-state index contributed by atoms with van der Waals surface area (Å²) in [6.45, 7) is 0.402. The molecule has 194 valence electrons. The lowest BCUT2D eigenvalue weighted by Gasteiger charge is -2.54. The van der Waals surface area contributed by atoms with Crippen molar-refractivity contribution in [3.63, 3.8) is 0 Å². The summed E-state index contributed by atoms with van der Waals surface area (Å²) < 4.78 is 60.4. The van der Waals surface area contributed by atoms with Crippen LogP contribution in [-0.4, -0.2) is 53.2 Å². The van der Waals surface area contributed by atoms with Gasteiger partial charge in [-0.15, -0.1) is 0 Å². The number of piperidine rings is 2. The average molecular weight is 549 g/mol. The number of halogens is 6. The molecule has 3 heterocycles. The van der Waals surface area contributed by atoms with E-state index in [2.05, 4.69) is 10.6 Å². The third-order valence-corrected chi connectivity index (χ3v) is 7.52. The van der Waals surface area contributed by atoms with Gasteiger partial charge in [-0.25, -0.2) is 8.78 Å².